The molecule has 1 heterocycles. The molecule has 2 aromatic carbocycles. The summed E-state index contributed by atoms with van der Waals surface area (Å²) in [5.41, 5.74) is 1.92. The molecule has 1 amide bonds. The Morgan fingerprint density at radius 1 is 1.18 bits per heavy atom. The van der Waals surface area contributed by atoms with Gasteiger partial charge in [0.15, 0.2) is 4.34 Å². The Morgan fingerprint density at radius 2 is 1.89 bits per heavy atom. The highest BCUT2D eigenvalue weighted by Gasteiger charge is 2.12. The SMILES string of the molecule is N#Cc1ccc(CSc2nnc(NC(=O)c3ccc(OC(F)F)cc3)s2)cc1. The van der Waals surface area contributed by atoms with E-state index in [2.05, 4.69) is 26.3 Å². The van der Waals surface area contributed by atoms with Gasteiger partial charge in [-0.15, -0.1) is 10.2 Å². The Kier molecular flexibility index (Phi) is 6.52. The second-order valence-corrected chi connectivity index (χ2v) is 7.53. The van der Waals surface area contributed by atoms with Gasteiger partial charge in [0.1, 0.15) is 5.75 Å². The molecule has 0 atom stereocenters. The number of alkyl halides is 2. The van der Waals surface area contributed by atoms with Crippen LogP contribution in [0.5, 0.6) is 5.75 Å². The fourth-order valence-corrected chi connectivity index (χ4v) is 3.80. The molecule has 142 valence electrons. The number of benzene rings is 2. The zero-order valence-corrected chi connectivity index (χ0v) is 15.8. The molecule has 0 saturated heterocycles. The monoisotopic (exact) mass is 418 g/mol. The number of nitrogens with one attached hydrogen (secondary N) is 1. The highest BCUT2D eigenvalue weighted by molar-refractivity contribution is 8.00. The molecule has 0 aliphatic carbocycles. The summed E-state index contributed by atoms with van der Waals surface area (Å²) >= 11 is 2.69. The molecule has 0 spiro atoms. The number of ether oxygens (including phenoxy) is 1. The predicted octanol–water partition coefficient (Wildman–Crippen LogP) is 4.56. The summed E-state index contributed by atoms with van der Waals surface area (Å²) in [7, 11) is 0. The number of carbonyl (C=O) groups is 1. The van der Waals surface area contributed by atoms with Crippen molar-refractivity contribution in [1.29, 1.82) is 5.26 Å². The summed E-state index contributed by atoms with van der Waals surface area (Å²) < 4.78 is 29.2. The number of anilines is 1. The molecular formula is C18H12F2N4O2S2. The molecular weight excluding hydrogens is 406 g/mol. The van der Waals surface area contributed by atoms with Gasteiger partial charge in [-0.1, -0.05) is 35.2 Å². The molecule has 0 bridgehead atoms. The molecule has 3 rings (SSSR count). The number of rotatable bonds is 7. The van der Waals surface area contributed by atoms with Crippen molar-refractivity contribution in [3.63, 3.8) is 0 Å². The first kappa shape index (κ1) is 19.7. The Bertz CT molecular complexity index is 986. The van der Waals surface area contributed by atoms with E-state index in [1.54, 1.807) is 12.1 Å². The Morgan fingerprint density at radius 3 is 2.54 bits per heavy atom. The lowest BCUT2D eigenvalue weighted by Gasteiger charge is -2.05. The van der Waals surface area contributed by atoms with Crippen LogP contribution >= 0.6 is 23.1 Å². The first-order valence-electron chi connectivity index (χ1n) is 7.85. The molecule has 10 heteroatoms. The summed E-state index contributed by atoms with van der Waals surface area (Å²) in [6, 6.07) is 14.7. The van der Waals surface area contributed by atoms with Crippen molar-refractivity contribution >= 4 is 34.1 Å². The maximum atomic E-state index is 12.2. The number of thioether (sulfide) groups is 1. The summed E-state index contributed by atoms with van der Waals surface area (Å²) in [4.78, 5) is 12.2. The second-order valence-electron chi connectivity index (χ2n) is 5.33. The third-order valence-corrected chi connectivity index (χ3v) is 5.46. The predicted molar refractivity (Wildman–Crippen MR) is 102 cm³/mol. The number of carbonyl (C=O) groups excluding carboxylic acids is 1. The fourth-order valence-electron chi connectivity index (χ4n) is 2.10. The van der Waals surface area contributed by atoms with Crippen molar-refractivity contribution in [2.45, 2.75) is 16.7 Å². The normalized spacial score (nSPS) is 10.5. The van der Waals surface area contributed by atoms with Gasteiger partial charge in [0.25, 0.3) is 5.91 Å². The van der Waals surface area contributed by atoms with E-state index in [0.717, 1.165) is 5.56 Å². The lowest BCUT2D eigenvalue weighted by atomic mass is 10.2. The van der Waals surface area contributed by atoms with Gasteiger partial charge in [-0.3, -0.25) is 10.1 Å². The average molecular weight is 418 g/mol. The van der Waals surface area contributed by atoms with Crippen LogP contribution in [0.4, 0.5) is 13.9 Å². The van der Waals surface area contributed by atoms with Crippen molar-refractivity contribution in [1.82, 2.24) is 10.2 Å². The second kappa shape index (κ2) is 9.25. The number of hydrogen-bond acceptors (Lipinski definition) is 7. The van der Waals surface area contributed by atoms with Crippen LogP contribution in [0.25, 0.3) is 0 Å². The Hall–Kier alpha value is -3.03. The van der Waals surface area contributed by atoms with Crippen LogP contribution in [-0.4, -0.2) is 22.7 Å². The van der Waals surface area contributed by atoms with Crippen LogP contribution < -0.4 is 10.1 Å². The standard InChI is InChI=1S/C18H12F2N4O2S2/c19-16(20)26-14-7-5-13(6-8-14)15(25)22-17-23-24-18(28-17)27-10-12-3-1-11(9-21)2-4-12/h1-8,16H,10H2,(H,22,23,25). The van der Waals surface area contributed by atoms with Crippen LogP contribution in [-0.2, 0) is 5.75 Å². The molecule has 28 heavy (non-hydrogen) atoms. The number of nitriles is 1. The largest absolute Gasteiger partial charge is 0.435 e. The maximum absolute atomic E-state index is 12.2. The summed E-state index contributed by atoms with van der Waals surface area (Å²) in [5, 5.41) is 19.7. The van der Waals surface area contributed by atoms with E-state index in [1.807, 2.05) is 12.1 Å². The lowest BCUT2D eigenvalue weighted by Crippen LogP contribution is -2.11. The topological polar surface area (TPSA) is 87.9 Å². The van der Waals surface area contributed by atoms with E-state index >= 15 is 0 Å². The molecule has 0 fully saturated rings. The summed E-state index contributed by atoms with van der Waals surface area (Å²) in [6.07, 6.45) is 0. The third kappa shape index (κ3) is 5.48. The van der Waals surface area contributed by atoms with Gasteiger partial charge < -0.3 is 4.74 Å². The quantitative estimate of drug-likeness (QED) is 0.447. The third-order valence-electron chi connectivity index (χ3n) is 3.41. The maximum Gasteiger partial charge on any atom is 0.387 e. The van der Waals surface area contributed by atoms with Crippen molar-refractivity contribution in [2.24, 2.45) is 0 Å². The van der Waals surface area contributed by atoms with E-state index < -0.39 is 12.5 Å². The number of halogens is 2. The van der Waals surface area contributed by atoms with Crippen LogP contribution in [0, 0.1) is 11.3 Å². The van der Waals surface area contributed by atoms with E-state index in [-0.39, 0.29) is 11.3 Å². The van der Waals surface area contributed by atoms with E-state index in [1.165, 1.54) is 47.4 Å². The van der Waals surface area contributed by atoms with Gasteiger partial charge in [0.05, 0.1) is 11.6 Å². The van der Waals surface area contributed by atoms with Gasteiger partial charge in [0, 0.05) is 11.3 Å². The minimum atomic E-state index is -2.92. The van der Waals surface area contributed by atoms with Gasteiger partial charge >= 0.3 is 6.61 Å². The fraction of sp³-hybridized carbons (Fsp3) is 0.111. The first-order chi connectivity index (χ1) is 13.5. The smallest absolute Gasteiger partial charge is 0.387 e. The highest BCUT2D eigenvalue weighted by Crippen LogP contribution is 2.28. The number of amides is 1. The van der Waals surface area contributed by atoms with Crippen LogP contribution in [0.15, 0.2) is 52.9 Å². The number of aromatic nitrogens is 2. The van der Waals surface area contributed by atoms with E-state index in [4.69, 9.17) is 5.26 Å². The Labute approximate surface area is 167 Å². The van der Waals surface area contributed by atoms with Crippen LogP contribution in [0.2, 0.25) is 0 Å². The molecule has 0 aliphatic rings. The average Bonchev–Trinajstić information content (AvgIpc) is 3.14. The molecule has 1 aromatic heterocycles. The molecule has 0 saturated carbocycles. The highest BCUT2D eigenvalue weighted by atomic mass is 32.2. The van der Waals surface area contributed by atoms with Crippen molar-refractivity contribution in [3.05, 3.63) is 65.2 Å². The van der Waals surface area contributed by atoms with Crippen molar-refractivity contribution in [2.75, 3.05) is 5.32 Å². The van der Waals surface area contributed by atoms with E-state index in [0.29, 0.717) is 20.8 Å². The molecule has 3 aromatic rings. The van der Waals surface area contributed by atoms with Gasteiger partial charge in [-0.05, 0) is 42.0 Å². The number of nitrogens with zero attached hydrogens (tertiary/aromatic N) is 3. The van der Waals surface area contributed by atoms with Gasteiger partial charge in [-0.2, -0.15) is 14.0 Å². The van der Waals surface area contributed by atoms with Crippen molar-refractivity contribution in [3.8, 4) is 11.8 Å². The number of hydrogen-bond donors (Lipinski definition) is 1. The minimum absolute atomic E-state index is 0.0241. The molecule has 1 N–H and O–H groups in total. The molecule has 0 radical (unpaired) electrons. The summed E-state index contributed by atoms with van der Waals surface area (Å²) in [6.45, 7) is -2.92. The Balaban J connectivity index is 1.54. The zero-order valence-electron chi connectivity index (χ0n) is 14.1. The minimum Gasteiger partial charge on any atom is -0.435 e. The molecule has 0 unspecified atom stereocenters. The first-order valence-corrected chi connectivity index (χ1v) is 9.65. The van der Waals surface area contributed by atoms with Crippen LogP contribution in [0.1, 0.15) is 21.5 Å². The zero-order chi connectivity index (χ0) is 19.9. The lowest BCUT2D eigenvalue weighted by molar-refractivity contribution is -0.0498. The molecule has 0 aliphatic heterocycles. The van der Waals surface area contributed by atoms with Crippen LogP contribution in [0.3, 0.4) is 0 Å². The van der Waals surface area contributed by atoms with Crippen molar-refractivity contribution < 1.29 is 18.3 Å². The van der Waals surface area contributed by atoms with Gasteiger partial charge in [0.2, 0.25) is 5.13 Å². The van der Waals surface area contributed by atoms with E-state index in [9.17, 15) is 13.6 Å². The van der Waals surface area contributed by atoms with Gasteiger partial charge in [-0.25, -0.2) is 0 Å². The summed E-state index contributed by atoms with van der Waals surface area (Å²) in [5.74, 6) is 0.201. The molecule has 6 nitrogen and oxygen atoms in total.